The third-order valence-electron chi connectivity index (χ3n) is 1.64. The van der Waals surface area contributed by atoms with Gasteiger partial charge >= 0.3 is 0 Å². The minimum absolute atomic E-state index is 0.179. The maximum absolute atomic E-state index is 9.27. The van der Waals surface area contributed by atoms with E-state index in [1.165, 1.54) is 19.2 Å². The molecule has 0 saturated heterocycles. The molecule has 0 amide bonds. The van der Waals surface area contributed by atoms with Crippen LogP contribution in [0.3, 0.4) is 0 Å². The zero-order valence-corrected chi connectivity index (χ0v) is 8.01. The summed E-state index contributed by atoms with van der Waals surface area (Å²) >= 11 is 0. The number of benzene rings is 1. The van der Waals surface area contributed by atoms with Crippen LogP contribution in [0.5, 0.6) is 11.5 Å². The van der Waals surface area contributed by atoms with Gasteiger partial charge in [-0.25, -0.2) is 0 Å². The number of aromatic hydroxyl groups is 1. The number of phenolic OH excluding ortho intramolecular Hbond substituents is 1. The van der Waals surface area contributed by atoms with Crippen molar-refractivity contribution in [3.05, 3.63) is 24.3 Å². The van der Waals surface area contributed by atoms with Crippen LogP contribution in [0.4, 0.5) is 0 Å². The predicted molar refractivity (Wildman–Crippen MR) is 51.5 cm³/mol. The van der Waals surface area contributed by atoms with Gasteiger partial charge in [0.15, 0.2) is 0 Å². The van der Waals surface area contributed by atoms with Gasteiger partial charge in [-0.15, -0.1) is 0 Å². The molecule has 0 aliphatic rings. The molecule has 1 atom stereocenters. The normalized spacial score (nSPS) is 12.4. The third-order valence-corrected chi connectivity index (χ3v) is 1.64. The average molecular weight is 198 g/mol. The molecule has 14 heavy (non-hydrogen) atoms. The minimum atomic E-state index is -0.631. The van der Waals surface area contributed by atoms with Gasteiger partial charge in [0.1, 0.15) is 24.2 Å². The zero-order chi connectivity index (χ0) is 10.4. The summed E-state index contributed by atoms with van der Waals surface area (Å²) in [5, 5.41) is 18.3. The van der Waals surface area contributed by atoms with Crippen molar-refractivity contribution in [2.75, 3.05) is 20.3 Å². The fraction of sp³-hybridized carbons (Fsp3) is 0.400. The smallest absolute Gasteiger partial charge is 0.119 e. The first-order valence-corrected chi connectivity index (χ1v) is 4.31. The second-order valence-corrected chi connectivity index (χ2v) is 2.91. The van der Waals surface area contributed by atoms with Gasteiger partial charge in [-0.05, 0) is 24.3 Å². The highest BCUT2D eigenvalue weighted by Crippen LogP contribution is 2.15. The van der Waals surface area contributed by atoms with Crippen molar-refractivity contribution in [3.63, 3.8) is 0 Å². The van der Waals surface area contributed by atoms with Gasteiger partial charge in [-0.3, -0.25) is 0 Å². The minimum Gasteiger partial charge on any atom is -0.508 e. The monoisotopic (exact) mass is 198 g/mol. The maximum atomic E-state index is 9.27. The lowest BCUT2D eigenvalue weighted by molar-refractivity contribution is 0.0325. The van der Waals surface area contributed by atoms with Gasteiger partial charge in [0.25, 0.3) is 0 Å². The Balaban J connectivity index is 2.34. The number of hydrogen-bond acceptors (Lipinski definition) is 4. The van der Waals surface area contributed by atoms with E-state index in [4.69, 9.17) is 14.6 Å². The Kier molecular flexibility index (Phi) is 4.22. The molecular weight excluding hydrogens is 184 g/mol. The quantitative estimate of drug-likeness (QED) is 0.734. The highest BCUT2D eigenvalue weighted by atomic mass is 16.5. The summed E-state index contributed by atoms with van der Waals surface area (Å²) in [5.74, 6) is 0.799. The summed E-state index contributed by atoms with van der Waals surface area (Å²) in [6, 6.07) is 6.32. The van der Waals surface area contributed by atoms with E-state index in [9.17, 15) is 5.11 Å². The summed E-state index contributed by atoms with van der Waals surface area (Å²) in [7, 11) is 1.52. The molecule has 0 bridgehead atoms. The summed E-state index contributed by atoms with van der Waals surface area (Å²) in [6.45, 7) is 0.427. The molecule has 4 heteroatoms. The Hall–Kier alpha value is -1.26. The molecule has 1 rings (SSSR count). The average Bonchev–Trinajstić information content (AvgIpc) is 2.17. The van der Waals surface area contributed by atoms with Crippen molar-refractivity contribution in [3.8, 4) is 11.5 Å². The molecular formula is C10H14O4. The van der Waals surface area contributed by atoms with Crippen LogP contribution in [0.25, 0.3) is 0 Å². The first-order chi connectivity index (χ1) is 6.72. The Labute approximate surface area is 82.7 Å². The van der Waals surface area contributed by atoms with Crippen LogP contribution >= 0.6 is 0 Å². The number of phenols is 1. The lowest BCUT2D eigenvalue weighted by Crippen LogP contribution is -2.22. The number of aliphatic hydroxyl groups excluding tert-OH is 1. The van der Waals surface area contributed by atoms with Gasteiger partial charge in [-0.1, -0.05) is 0 Å². The molecule has 0 heterocycles. The molecule has 1 aromatic rings. The number of ether oxygens (including phenoxy) is 2. The summed E-state index contributed by atoms with van der Waals surface area (Å²) in [5.41, 5.74) is 0. The third kappa shape index (κ3) is 3.64. The fourth-order valence-corrected chi connectivity index (χ4v) is 0.975. The second-order valence-electron chi connectivity index (χ2n) is 2.91. The molecule has 0 aliphatic carbocycles. The van der Waals surface area contributed by atoms with Crippen LogP contribution in [0.1, 0.15) is 0 Å². The topological polar surface area (TPSA) is 58.9 Å². The van der Waals surface area contributed by atoms with Crippen molar-refractivity contribution in [1.82, 2.24) is 0 Å². The molecule has 0 radical (unpaired) electrons. The van der Waals surface area contributed by atoms with Crippen molar-refractivity contribution < 1.29 is 19.7 Å². The van der Waals surface area contributed by atoms with Gasteiger partial charge in [0, 0.05) is 7.11 Å². The van der Waals surface area contributed by atoms with Crippen molar-refractivity contribution in [1.29, 1.82) is 0 Å². The highest BCUT2D eigenvalue weighted by Gasteiger charge is 2.03. The lowest BCUT2D eigenvalue weighted by atomic mass is 10.3. The first-order valence-electron chi connectivity index (χ1n) is 4.31. The molecule has 0 spiro atoms. The predicted octanol–water partition coefficient (Wildman–Crippen LogP) is 0.778. The number of aliphatic hydroxyl groups is 1. The van der Waals surface area contributed by atoms with Crippen LogP contribution in [0.15, 0.2) is 24.3 Å². The number of rotatable bonds is 5. The molecule has 2 N–H and O–H groups in total. The fourth-order valence-electron chi connectivity index (χ4n) is 0.975. The van der Waals surface area contributed by atoms with Gasteiger partial charge < -0.3 is 19.7 Å². The standard InChI is InChI=1S/C10H14O4/c1-13-6-9(12)7-14-10-4-2-8(11)3-5-10/h2-5,9,11-12H,6-7H2,1H3. The van der Waals surface area contributed by atoms with E-state index in [1.807, 2.05) is 0 Å². The SMILES string of the molecule is COCC(O)COc1ccc(O)cc1. The van der Waals surface area contributed by atoms with Crippen molar-refractivity contribution in [2.45, 2.75) is 6.10 Å². The number of hydrogen-bond donors (Lipinski definition) is 2. The molecule has 0 aromatic heterocycles. The molecule has 0 aliphatic heterocycles. The van der Waals surface area contributed by atoms with Crippen LogP contribution < -0.4 is 4.74 Å². The van der Waals surface area contributed by atoms with Gasteiger partial charge in [-0.2, -0.15) is 0 Å². The molecule has 1 aromatic carbocycles. The molecule has 0 saturated carbocycles. The lowest BCUT2D eigenvalue weighted by Gasteiger charge is -2.11. The first kappa shape index (κ1) is 10.8. The zero-order valence-electron chi connectivity index (χ0n) is 8.01. The van der Waals surface area contributed by atoms with Crippen LogP contribution in [-0.4, -0.2) is 36.6 Å². The van der Waals surface area contributed by atoms with Crippen LogP contribution in [-0.2, 0) is 4.74 Å². The largest absolute Gasteiger partial charge is 0.508 e. The van der Waals surface area contributed by atoms with E-state index >= 15 is 0 Å². The Morgan fingerprint density at radius 2 is 1.86 bits per heavy atom. The van der Waals surface area contributed by atoms with Gasteiger partial charge in [0.2, 0.25) is 0 Å². The van der Waals surface area contributed by atoms with Crippen LogP contribution in [0.2, 0.25) is 0 Å². The molecule has 4 nitrogen and oxygen atoms in total. The van der Waals surface area contributed by atoms with E-state index < -0.39 is 6.10 Å². The van der Waals surface area contributed by atoms with Gasteiger partial charge in [0.05, 0.1) is 6.61 Å². The summed E-state index contributed by atoms with van der Waals surface area (Å²) < 4.78 is 9.98. The molecule has 0 fully saturated rings. The Bertz CT molecular complexity index is 257. The summed E-state index contributed by atoms with van der Waals surface area (Å²) in [4.78, 5) is 0. The van der Waals surface area contributed by atoms with E-state index in [0.29, 0.717) is 5.75 Å². The van der Waals surface area contributed by atoms with E-state index in [1.54, 1.807) is 12.1 Å². The van der Waals surface area contributed by atoms with Crippen LogP contribution in [0, 0.1) is 0 Å². The Morgan fingerprint density at radius 1 is 1.21 bits per heavy atom. The summed E-state index contributed by atoms with van der Waals surface area (Å²) in [6.07, 6.45) is -0.631. The van der Waals surface area contributed by atoms with E-state index in [-0.39, 0.29) is 19.0 Å². The number of methoxy groups -OCH3 is 1. The maximum Gasteiger partial charge on any atom is 0.119 e. The van der Waals surface area contributed by atoms with Crippen molar-refractivity contribution >= 4 is 0 Å². The second kappa shape index (κ2) is 5.47. The molecule has 1 unspecified atom stereocenters. The Morgan fingerprint density at radius 3 is 2.43 bits per heavy atom. The molecule has 78 valence electrons. The van der Waals surface area contributed by atoms with Crippen molar-refractivity contribution in [2.24, 2.45) is 0 Å². The van der Waals surface area contributed by atoms with E-state index in [2.05, 4.69) is 0 Å². The van der Waals surface area contributed by atoms with E-state index in [0.717, 1.165) is 0 Å². The highest BCUT2D eigenvalue weighted by molar-refractivity contribution is 5.30.